The van der Waals surface area contributed by atoms with Crippen molar-refractivity contribution < 1.29 is 23.8 Å². The Morgan fingerprint density at radius 2 is 1.69 bits per heavy atom. The predicted molar refractivity (Wildman–Crippen MR) is 95.2 cm³/mol. The van der Waals surface area contributed by atoms with Crippen LogP contribution in [0.2, 0.25) is 0 Å². The summed E-state index contributed by atoms with van der Waals surface area (Å²) in [6.45, 7) is 3.38. The van der Waals surface area contributed by atoms with Gasteiger partial charge in [0.05, 0.1) is 0 Å². The number of carboxylic acid groups (broad SMARTS) is 1. The van der Waals surface area contributed by atoms with E-state index in [0.29, 0.717) is 5.56 Å². The fourth-order valence-corrected chi connectivity index (χ4v) is 2.76. The molecule has 1 atom stereocenters. The number of benzene rings is 2. The van der Waals surface area contributed by atoms with E-state index in [1.807, 2.05) is 30.3 Å². The number of aliphatic carboxylic acids is 1. The molecule has 0 spiro atoms. The molecule has 0 aliphatic heterocycles. The van der Waals surface area contributed by atoms with E-state index < -0.39 is 23.4 Å². The number of amides is 1. The van der Waals surface area contributed by atoms with Crippen LogP contribution in [-0.2, 0) is 22.6 Å². The molecule has 1 N–H and O–H groups in total. The molecular weight excluding hydrogens is 337 g/mol. The predicted octanol–water partition coefficient (Wildman–Crippen LogP) is 3.87. The quantitative estimate of drug-likeness (QED) is 0.815. The smallest absolute Gasteiger partial charge is 0.411 e. The number of nitrogens with zero attached hydrogens (tertiary/aromatic N) is 1. The van der Waals surface area contributed by atoms with Crippen LogP contribution in [0.15, 0.2) is 54.6 Å². The molecule has 0 fully saturated rings. The zero-order valence-corrected chi connectivity index (χ0v) is 14.8. The van der Waals surface area contributed by atoms with E-state index in [2.05, 4.69) is 0 Å². The summed E-state index contributed by atoms with van der Waals surface area (Å²) in [4.78, 5) is 25.7. The molecule has 0 bridgehead atoms. The summed E-state index contributed by atoms with van der Waals surface area (Å²) in [6, 6.07) is 14.7. The van der Waals surface area contributed by atoms with Crippen molar-refractivity contribution in [2.45, 2.75) is 32.4 Å². The molecule has 26 heavy (non-hydrogen) atoms. The van der Waals surface area contributed by atoms with Crippen molar-refractivity contribution in [3.63, 3.8) is 0 Å². The minimum atomic E-state index is -1.51. The van der Waals surface area contributed by atoms with Gasteiger partial charge in [0.15, 0.2) is 0 Å². The molecule has 1 amide bonds. The Hall–Kier alpha value is -2.89. The SMILES string of the molecule is CCN(C(=O)OCc1ccccc1)C(C)(Cc1ccc(F)cc1)C(=O)O. The lowest BCUT2D eigenvalue weighted by molar-refractivity contribution is -0.149. The first-order chi connectivity index (χ1) is 12.4. The number of carboxylic acids is 1. The van der Waals surface area contributed by atoms with Crippen molar-refractivity contribution >= 4 is 12.1 Å². The van der Waals surface area contributed by atoms with E-state index >= 15 is 0 Å². The zero-order chi connectivity index (χ0) is 19.2. The van der Waals surface area contributed by atoms with Crippen molar-refractivity contribution in [3.8, 4) is 0 Å². The Balaban J connectivity index is 2.16. The van der Waals surface area contributed by atoms with Gasteiger partial charge in [-0.15, -0.1) is 0 Å². The van der Waals surface area contributed by atoms with Crippen LogP contribution in [0.1, 0.15) is 25.0 Å². The molecule has 0 aliphatic carbocycles. The Bertz CT molecular complexity index is 748. The van der Waals surface area contributed by atoms with Crippen LogP contribution in [0.25, 0.3) is 0 Å². The summed E-state index contributed by atoms with van der Waals surface area (Å²) < 4.78 is 18.4. The van der Waals surface area contributed by atoms with Crippen molar-refractivity contribution in [3.05, 3.63) is 71.5 Å². The molecule has 0 aromatic heterocycles. The van der Waals surface area contributed by atoms with E-state index in [1.165, 1.54) is 36.1 Å². The molecule has 2 aromatic carbocycles. The second-order valence-electron chi connectivity index (χ2n) is 6.17. The van der Waals surface area contributed by atoms with Crippen LogP contribution in [0.3, 0.4) is 0 Å². The molecule has 0 saturated carbocycles. The number of likely N-dealkylation sites (N-methyl/N-ethyl adjacent to an activating group) is 1. The summed E-state index contributed by atoms with van der Waals surface area (Å²) in [7, 11) is 0. The number of hydrogen-bond acceptors (Lipinski definition) is 3. The molecule has 0 aliphatic rings. The summed E-state index contributed by atoms with van der Waals surface area (Å²) in [5.74, 6) is -1.55. The topological polar surface area (TPSA) is 66.8 Å². The second kappa shape index (κ2) is 8.47. The van der Waals surface area contributed by atoms with Crippen molar-refractivity contribution in [1.29, 1.82) is 0 Å². The minimum absolute atomic E-state index is 0.0386. The highest BCUT2D eigenvalue weighted by Gasteiger charge is 2.42. The van der Waals surface area contributed by atoms with Gasteiger partial charge in [-0.25, -0.2) is 14.0 Å². The van der Waals surface area contributed by atoms with Gasteiger partial charge >= 0.3 is 12.1 Å². The van der Waals surface area contributed by atoms with Gasteiger partial charge in [0, 0.05) is 13.0 Å². The van der Waals surface area contributed by atoms with Gasteiger partial charge in [0.2, 0.25) is 0 Å². The highest BCUT2D eigenvalue weighted by molar-refractivity contribution is 5.84. The highest BCUT2D eigenvalue weighted by Crippen LogP contribution is 2.23. The number of ether oxygens (including phenoxy) is 1. The molecule has 2 rings (SSSR count). The van der Waals surface area contributed by atoms with Gasteiger partial charge in [-0.3, -0.25) is 4.90 Å². The maximum atomic E-state index is 13.1. The number of carbonyl (C=O) groups is 2. The number of halogens is 1. The fraction of sp³-hybridized carbons (Fsp3) is 0.300. The first-order valence-electron chi connectivity index (χ1n) is 8.33. The fourth-order valence-electron chi connectivity index (χ4n) is 2.76. The lowest BCUT2D eigenvalue weighted by atomic mass is 9.91. The monoisotopic (exact) mass is 359 g/mol. The molecule has 5 nitrogen and oxygen atoms in total. The van der Waals surface area contributed by atoms with Crippen LogP contribution in [-0.4, -0.2) is 34.2 Å². The summed E-state index contributed by atoms with van der Waals surface area (Å²) >= 11 is 0. The maximum absolute atomic E-state index is 13.1. The van der Waals surface area contributed by atoms with Gasteiger partial charge < -0.3 is 9.84 Å². The van der Waals surface area contributed by atoms with Crippen LogP contribution < -0.4 is 0 Å². The first kappa shape index (κ1) is 19.4. The molecular formula is C20H22FNO4. The third-order valence-electron chi connectivity index (χ3n) is 4.26. The summed E-state index contributed by atoms with van der Waals surface area (Å²) in [5.41, 5.74) is -0.0848. The van der Waals surface area contributed by atoms with Gasteiger partial charge in [0.25, 0.3) is 0 Å². The second-order valence-corrected chi connectivity index (χ2v) is 6.17. The van der Waals surface area contributed by atoms with Gasteiger partial charge in [-0.2, -0.15) is 0 Å². The van der Waals surface area contributed by atoms with Crippen molar-refractivity contribution in [2.24, 2.45) is 0 Å². The van der Waals surface area contributed by atoms with Gasteiger partial charge in [0.1, 0.15) is 18.0 Å². The van der Waals surface area contributed by atoms with E-state index in [0.717, 1.165) is 5.56 Å². The highest BCUT2D eigenvalue weighted by atomic mass is 19.1. The summed E-state index contributed by atoms with van der Waals surface area (Å²) in [6.07, 6.45) is -0.667. The Morgan fingerprint density at radius 1 is 1.08 bits per heavy atom. The van der Waals surface area contributed by atoms with E-state index in [1.54, 1.807) is 6.92 Å². The Labute approximate surface area is 152 Å². The lowest BCUT2D eigenvalue weighted by Crippen LogP contribution is -2.56. The molecule has 2 aromatic rings. The average Bonchev–Trinajstić information content (AvgIpc) is 2.63. The zero-order valence-electron chi connectivity index (χ0n) is 14.8. The van der Waals surface area contributed by atoms with Crippen LogP contribution >= 0.6 is 0 Å². The molecule has 0 saturated heterocycles. The van der Waals surface area contributed by atoms with Crippen molar-refractivity contribution in [2.75, 3.05) is 6.54 Å². The van der Waals surface area contributed by atoms with E-state index in [4.69, 9.17) is 4.74 Å². The maximum Gasteiger partial charge on any atom is 0.411 e. The number of rotatable bonds is 7. The van der Waals surface area contributed by atoms with Gasteiger partial charge in [-0.1, -0.05) is 42.5 Å². The summed E-state index contributed by atoms with van der Waals surface area (Å²) in [5, 5.41) is 9.76. The normalized spacial score (nSPS) is 12.9. The van der Waals surface area contributed by atoms with Crippen LogP contribution in [0.4, 0.5) is 9.18 Å². The lowest BCUT2D eigenvalue weighted by Gasteiger charge is -2.36. The Morgan fingerprint density at radius 3 is 2.23 bits per heavy atom. The molecule has 0 heterocycles. The molecule has 0 radical (unpaired) electrons. The number of hydrogen-bond donors (Lipinski definition) is 1. The molecule has 1 unspecified atom stereocenters. The van der Waals surface area contributed by atoms with Crippen LogP contribution in [0.5, 0.6) is 0 Å². The largest absolute Gasteiger partial charge is 0.479 e. The molecule has 138 valence electrons. The first-order valence-corrected chi connectivity index (χ1v) is 8.33. The van der Waals surface area contributed by atoms with E-state index in [-0.39, 0.29) is 19.6 Å². The van der Waals surface area contributed by atoms with Gasteiger partial charge in [-0.05, 0) is 37.1 Å². The minimum Gasteiger partial charge on any atom is -0.479 e. The standard InChI is InChI=1S/C20H22FNO4/c1-3-22(19(25)26-14-16-7-5-4-6-8-16)20(2,18(23)24)13-15-9-11-17(21)12-10-15/h4-12H,3,13-14H2,1-2H3,(H,23,24). The third kappa shape index (κ3) is 4.59. The van der Waals surface area contributed by atoms with Crippen LogP contribution in [0, 0.1) is 5.82 Å². The average molecular weight is 359 g/mol. The third-order valence-corrected chi connectivity index (χ3v) is 4.26. The number of carbonyl (C=O) groups excluding carboxylic acids is 1. The Kier molecular flexibility index (Phi) is 6.33. The van der Waals surface area contributed by atoms with Crippen molar-refractivity contribution in [1.82, 2.24) is 4.90 Å². The van der Waals surface area contributed by atoms with E-state index in [9.17, 15) is 19.1 Å². The molecule has 6 heteroatoms.